The second-order valence-corrected chi connectivity index (χ2v) is 6.33. The molecule has 0 aliphatic rings. The van der Waals surface area contributed by atoms with Gasteiger partial charge < -0.3 is 5.32 Å². The van der Waals surface area contributed by atoms with Crippen molar-refractivity contribution in [3.63, 3.8) is 0 Å². The number of hydrogen-bond donors (Lipinski definition) is 1. The molecule has 1 rings (SSSR count). The molecule has 0 aliphatic carbocycles. The van der Waals surface area contributed by atoms with Crippen molar-refractivity contribution >= 4 is 10.8 Å². The highest BCUT2D eigenvalue weighted by Crippen LogP contribution is 2.20. The number of benzene rings is 1. The first kappa shape index (κ1) is 16.3. The van der Waals surface area contributed by atoms with Crippen LogP contribution in [0, 0.1) is 5.82 Å². The normalized spacial score (nSPS) is 16.0. The third-order valence-corrected chi connectivity index (χ3v) is 5.15. The summed E-state index contributed by atoms with van der Waals surface area (Å²) in [5.41, 5.74) is 0. The summed E-state index contributed by atoms with van der Waals surface area (Å²) in [6, 6.07) is 6.36. The van der Waals surface area contributed by atoms with Gasteiger partial charge in [0.1, 0.15) is 5.82 Å². The van der Waals surface area contributed by atoms with E-state index in [-0.39, 0.29) is 17.1 Å². The Morgan fingerprint density at radius 3 is 2.58 bits per heavy atom. The fourth-order valence-electron chi connectivity index (χ4n) is 2.34. The maximum atomic E-state index is 13.2. The smallest absolute Gasteiger partial charge is 0.124 e. The molecule has 1 N–H and O–H groups in total. The van der Waals surface area contributed by atoms with Gasteiger partial charge in [-0.05, 0) is 37.6 Å². The van der Waals surface area contributed by atoms with Crippen LogP contribution in [0.4, 0.5) is 4.39 Å². The third-order valence-electron chi connectivity index (χ3n) is 3.22. The molecule has 0 saturated carbocycles. The van der Waals surface area contributed by atoms with Crippen molar-refractivity contribution < 1.29 is 8.60 Å². The van der Waals surface area contributed by atoms with Gasteiger partial charge in [0.25, 0.3) is 0 Å². The van der Waals surface area contributed by atoms with Gasteiger partial charge in [0.2, 0.25) is 0 Å². The van der Waals surface area contributed by atoms with Crippen LogP contribution in [0.5, 0.6) is 0 Å². The van der Waals surface area contributed by atoms with E-state index in [1.54, 1.807) is 12.1 Å². The van der Waals surface area contributed by atoms with E-state index in [0.29, 0.717) is 4.90 Å². The number of nitrogens with one attached hydrogen (secondary N) is 1. The molecule has 0 aliphatic heterocycles. The van der Waals surface area contributed by atoms with Gasteiger partial charge in [-0.3, -0.25) is 4.21 Å². The summed E-state index contributed by atoms with van der Waals surface area (Å²) < 4.78 is 25.9. The Balaban J connectivity index is 2.91. The minimum Gasteiger partial charge on any atom is -0.313 e. The molecule has 0 heterocycles. The fourth-order valence-corrected chi connectivity index (χ4v) is 3.97. The molecule has 1 aromatic rings. The van der Waals surface area contributed by atoms with E-state index < -0.39 is 10.8 Å². The summed E-state index contributed by atoms with van der Waals surface area (Å²) in [5.74, 6) is -0.323. The lowest BCUT2D eigenvalue weighted by atomic mass is 10.1. The minimum atomic E-state index is -1.17. The molecule has 0 radical (unpaired) electrons. The van der Waals surface area contributed by atoms with Gasteiger partial charge in [-0.2, -0.15) is 0 Å². The van der Waals surface area contributed by atoms with Gasteiger partial charge >= 0.3 is 0 Å². The summed E-state index contributed by atoms with van der Waals surface area (Å²) in [4.78, 5) is 0.589. The van der Waals surface area contributed by atoms with Crippen LogP contribution in [0.25, 0.3) is 0 Å². The highest BCUT2D eigenvalue weighted by molar-refractivity contribution is 7.85. The van der Waals surface area contributed by atoms with Crippen molar-refractivity contribution in [2.75, 3.05) is 6.54 Å². The Morgan fingerprint density at radius 2 is 2.05 bits per heavy atom. The van der Waals surface area contributed by atoms with E-state index in [0.717, 1.165) is 25.8 Å². The molecule has 0 aromatic heterocycles. The summed E-state index contributed by atoms with van der Waals surface area (Å²) in [5, 5.41) is 3.44. The van der Waals surface area contributed by atoms with E-state index in [2.05, 4.69) is 19.2 Å². The molecule has 3 unspecified atom stereocenters. The number of halogens is 1. The second-order valence-electron chi connectivity index (χ2n) is 4.65. The first-order valence-corrected chi connectivity index (χ1v) is 8.24. The zero-order valence-electron chi connectivity index (χ0n) is 12.0. The van der Waals surface area contributed by atoms with Crippen LogP contribution in [0.15, 0.2) is 29.2 Å². The van der Waals surface area contributed by atoms with Crippen LogP contribution in [-0.4, -0.2) is 22.0 Å². The number of rotatable bonds is 8. The van der Waals surface area contributed by atoms with E-state index in [4.69, 9.17) is 0 Å². The maximum Gasteiger partial charge on any atom is 0.124 e. The highest BCUT2D eigenvalue weighted by Gasteiger charge is 2.25. The predicted octanol–water partition coefficient (Wildman–Crippen LogP) is 3.49. The molecule has 4 heteroatoms. The van der Waals surface area contributed by atoms with Gasteiger partial charge in [0.05, 0.1) is 16.0 Å². The molecule has 19 heavy (non-hydrogen) atoms. The van der Waals surface area contributed by atoms with Gasteiger partial charge in [-0.1, -0.05) is 33.3 Å². The summed E-state index contributed by atoms with van der Waals surface area (Å²) in [7, 11) is -1.17. The van der Waals surface area contributed by atoms with Gasteiger partial charge in [-0.25, -0.2) is 4.39 Å². The molecular weight excluding hydrogens is 261 g/mol. The molecule has 1 aromatic carbocycles. The molecule has 0 amide bonds. The van der Waals surface area contributed by atoms with E-state index >= 15 is 0 Å². The summed E-state index contributed by atoms with van der Waals surface area (Å²) in [6.07, 6.45) is 2.86. The zero-order chi connectivity index (χ0) is 14.3. The largest absolute Gasteiger partial charge is 0.313 e. The second kappa shape index (κ2) is 8.43. The van der Waals surface area contributed by atoms with Crippen LogP contribution in [0.2, 0.25) is 0 Å². The lowest BCUT2D eigenvalue weighted by Crippen LogP contribution is -2.41. The SMILES string of the molecule is CCCC(NCC)C(CC)S(=O)c1cccc(F)c1. The molecule has 108 valence electrons. The first-order valence-electron chi connectivity index (χ1n) is 7.03. The zero-order valence-corrected chi connectivity index (χ0v) is 12.8. The van der Waals surface area contributed by atoms with Crippen molar-refractivity contribution in [2.24, 2.45) is 0 Å². The summed E-state index contributed by atoms with van der Waals surface area (Å²) in [6.45, 7) is 7.09. The summed E-state index contributed by atoms with van der Waals surface area (Å²) >= 11 is 0. The van der Waals surface area contributed by atoms with Crippen LogP contribution in [-0.2, 0) is 10.8 Å². The fraction of sp³-hybridized carbons (Fsp3) is 0.600. The Bertz CT molecular complexity index is 405. The van der Waals surface area contributed by atoms with Crippen molar-refractivity contribution in [3.05, 3.63) is 30.1 Å². The average Bonchev–Trinajstić information content (AvgIpc) is 2.40. The Kier molecular flexibility index (Phi) is 7.24. The van der Waals surface area contributed by atoms with E-state index in [9.17, 15) is 8.60 Å². The number of hydrogen-bond acceptors (Lipinski definition) is 2. The van der Waals surface area contributed by atoms with Gasteiger partial charge in [0, 0.05) is 10.9 Å². The Morgan fingerprint density at radius 1 is 1.32 bits per heavy atom. The third kappa shape index (κ3) is 4.69. The van der Waals surface area contributed by atoms with Crippen LogP contribution in [0.1, 0.15) is 40.0 Å². The van der Waals surface area contributed by atoms with E-state index in [1.165, 1.54) is 12.1 Å². The van der Waals surface area contributed by atoms with Crippen LogP contribution < -0.4 is 5.32 Å². The molecule has 2 nitrogen and oxygen atoms in total. The van der Waals surface area contributed by atoms with Gasteiger partial charge in [0.15, 0.2) is 0 Å². The molecular formula is C15H24FNOS. The molecule has 0 fully saturated rings. The average molecular weight is 285 g/mol. The molecule has 0 saturated heterocycles. The molecule has 0 bridgehead atoms. The lowest BCUT2D eigenvalue weighted by Gasteiger charge is -2.26. The van der Waals surface area contributed by atoms with Crippen molar-refractivity contribution in [2.45, 2.75) is 56.2 Å². The van der Waals surface area contributed by atoms with Crippen molar-refractivity contribution in [1.29, 1.82) is 0 Å². The van der Waals surface area contributed by atoms with E-state index in [1.807, 2.05) is 6.92 Å². The van der Waals surface area contributed by atoms with Gasteiger partial charge in [-0.15, -0.1) is 0 Å². The predicted molar refractivity (Wildman–Crippen MR) is 79.3 cm³/mol. The maximum absolute atomic E-state index is 13.2. The van der Waals surface area contributed by atoms with Crippen molar-refractivity contribution in [1.82, 2.24) is 5.32 Å². The monoisotopic (exact) mass is 285 g/mol. The Labute approximate surface area is 118 Å². The first-order chi connectivity index (χ1) is 9.13. The van der Waals surface area contributed by atoms with Crippen LogP contribution >= 0.6 is 0 Å². The Hall–Kier alpha value is -0.740. The quantitative estimate of drug-likeness (QED) is 0.792. The lowest BCUT2D eigenvalue weighted by molar-refractivity contribution is 0.458. The highest BCUT2D eigenvalue weighted by atomic mass is 32.2. The standard InChI is InChI=1S/C15H24FNOS/c1-4-8-14(17-6-3)15(5-2)19(18)13-10-7-9-12(16)11-13/h7,9-11,14-15,17H,4-6,8H2,1-3H3. The molecule has 3 atom stereocenters. The topological polar surface area (TPSA) is 29.1 Å². The van der Waals surface area contributed by atoms with Crippen LogP contribution in [0.3, 0.4) is 0 Å². The minimum absolute atomic E-state index is 0.0294. The van der Waals surface area contributed by atoms with Crippen molar-refractivity contribution in [3.8, 4) is 0 Å². The molecule has 0 spiro atoms.